The number of Topliss-reactive ketones (excluding diaryl/α,β-unsaturated/α-hetero) is 1. The Bertz CT molecular complexity index is 650. The lowest BCUT2D eigenvalue weighted by atomic mass is 9.80. The summed E-state index contributed by atoms with van der Waals surface area (Å²) in [5.74, 6) is -0.183. The highest BCUT2D eigenvalue weighted by atomic mass is 16.3. The summed E-state index contributed by atoms with van der Waals surface area (Å²) in [4.78, 5) is 20.4. The monoisotopic (exact) mass is 258 g/mol. The van der Waals surface area contributed by atoms with Crippen LogP contribution in [0.2, 0.25) is 0 Å². The lowest BCUT2D eigenvalue weighted by Crippen LogP contribution is -2.22. The van der Waals surface area contributed by atoms with E-state index in [9.17, 15) is 9.90 Å². The number of nitrogens with zero attached hydrogens (tertiary/aromatic N) is 2. The first-order valence-corrected chi connectivity index (χ1v) is 6.33. The molecule has 1 aliphatic rings. The van der Waals surface area contributed by atoms with Gasteiger partial charge in [-0.25, -0.2) is 4.98 Å². The van der Waals surface area contributed by atoms with Crippen molar-refractivity contribution in [3.63, 3.8) is 0 Å². The number of pyridine rings is 2. The molecule has 0 aliphatic heterocycles. The van der Waals surface area contributed by atoms with Crippen LogP contribution in [0.1, 0.15) is 35.3 Å². The topological polar surface area (TPSA) is 83.3 Å². The smallest absolute Gasteiger partial charge is 0.171 e. The highest BCUT2D eigenvalue weighted by Gasteiger charge is 2.29. The van der Waals surface area contributed by atoms with Gasteiger partial charge in [0, 0.05) is 12.1 Å². The normalized spacial score (nSPS) is 15.4. The predicted molar refractivity (Wildman–Crippen MR) is 68.8 cm³/mol. The maximum absolute atomic E-state index is 12.2. The zero-order valence-corrected chi connectivity index (χ0v) is 10.3. The zero-order valence-electron chi connectivity index (χ0n) is 10.3. The number of hydrogen-bond donors (Lipinski definition) is 2. The van der Waals surface area contributed by atoms with Gasteiger partial charge in [-0.15, -0.1) is 0 Å². The molecule has 0 spiro atoms. The largest absolute Gasteiger partial charge is 0.505 e. The highest BCUT2D eigenvalue weighted by Crippen LogP contribution is 2.34. The minimum atomic E-state index is -0.212. The van der Waals surface area contributed by atoms with Crippen LogP contribution in [-0.4, -0.2) is 26.0 Å². The fraction of sp³-hybridized carbons (Fsp3) is 0.357. The summed E-state index contributed by atoms with van der Waals surface area (Å²) in [6.07, 6.45) is 4.23. The van der Waals surface area contributed by atoms with E-state index in [2.05, 4.69) is 9.97 Å². The van der Waals surface area contributed by atoms with Gasteiger partial charge < -0.3 is 10.2 Å². The number of aliphatic hydroxyl groups is 1. The van der Waals surface area contributed by atoms with Crippen molar-refractivity contribution < 1.29 is 15.0 Å². The third-order valence-electron chi connectivity index (χ3n) is 3.65. The molecule has 0 amide bonds. The minimum absolute atomic E-state index is 0.00572. The first kappa shape index (κ1) is 12.0. The zero-order chi connectivity index (χ0) is 13.4. The van der Waals surface area contributed by atoms with Crippen LogP contribution >= 0.6 is 0 Å². The van der Waals surface area contributed by atoms with Gasteiger partial charge in [0.05, 0.1) is 23.4 Å². The molecule has 2 aromatic rings. The van der Waals surface area contributed by atoms with Crippen molar-refractivity contribution in [2.45, 2.75) is 25.9 Å². The van der Waals surface area contributed by atoms with Crippen molar-refractivity contribution in [1.82, 2.24) is 9.97 Å². The van der Waals surface area contributed by atoms with E-state index >= 15 is 0 Å². The number of carbonyl (C=O) groups is 1. The van der Waals surface area contributed by atoms with E-state index in [4.69, 9.17) is 5.11 Å². The van der Waals surface area contributed by atoms with E-state index in [0.29, 0.717) is 11.2 Å². The number of ketones is 1. The van der Waals surface area contributed by atoms with Crippen LogP contribution in [0, 0.1) is 5.92 Å². The fourth-order valence-corrected chi connectivity index (χ4v) is 2.25. The lowest BCUT2D eigenvalue weighted by Gasteiger charge is -2.24. The number of aliphatic hydroxyl groups excluding tert-OH is 1. The van der Waals surface area contributed by atoms with Crippen LogP contribution in [0.25, 0.3) is 11.0 Å². The van der Waals surface area contributed by atoms with E-state index in [1.165, 1.54) is 6.20 Å². The quantitative estimate of drug-likeness (QED) is 0.820. The van der Waals surface area contributed by atoms with Gasteiger partial charge >= 0.3 is 0 Å². The Morgan fingerprint density at radius 1 is 1.37 bits per heavy atom. The minimum Gasteiger partial charge on any atom is -0.505 e. The molecule has 3 rings (SSSR count). The molecule has 0 atom stereocenters. The van der Waals surface area contributed by atoms with Gasteiger partial charge in [-0.2, -0.15) is 0 Å². The molecular weight excluding hydrogens is 244 g/mol. The number of rotatable bonds is 3. The van der Waals surface area contributed by atoms with Gasteiger partial charge in [-0.1, -0.05) is 6.42 Å². The Morgan fingerprint density at radius 2 is 2.16 bits per heavy atom. The van der Waals surface area contributed by atoms with Crippen molar-refractivity contribution in [2.24, 2.45) is 5.92 Å². The molecule has 0 radical (unpaired) electrons. The number of aromatic nitrogens is 2. The Hall–Kier alpha value is -2.01. The van der Waals surface area contributed by atoms with Gasteiger partial charge in [-0.3, -0.25) is 9.78 Å². The van der Waals surface area contributed by atoms with Crippen LogP contribution < -0.4 is 0 Å². The van der Waals surface area contributed by atoms with E-state index in [0.717, 1.165) is 19.3 Å². The molecule has 1 aliphatic carbocycles. The maximum Gasteiger partial charge on any atom is 0.171 e. The first-order chi connectivity index (χ1) is 9.20. The lowest BCUT2D eigenvalue weighted by molar-refractivity contribution is 0.0852. The van der Waals surface area contributed by atoms with E-state index in [-0.39, 0.29) is 35.1 Å². The van der Waals surface area contributed by atoms with E-state index < -0.39 is 0 Å². The maximum atomic E-state index is 12.2. The van der Waals surface area contributed by atoms with Crippen molar-refractivity contribution in [3.8, 4) is 5.75 Å². The second-order valence-corrected chi connectivity index (χ2v) is 4.84. The van der Waals surface area contributed by atoms with Gasteiger partial charge in [0.25, 0.3) is 0 Å². The molecule has 5 heteroatoms. The molecule has 2 aromatic heterocycles. The molecule has 2 heterocycles. The summed E-state index contributed by atoms with van der Waals surface area (Å²) in [6, 6.07) is 3.31. The molecule has 0 bridgehead atoms. The SMILES string of the molecule is O=C(c1cnc2ccc(CO)nc2c1O)C1CCC1. The second kappa shape index (κ2) is 4.59. The summed E-state index contributed by atoms with van der Waals surface area (Å²) < 4.78 is 0. The van der Waals surface area contributed by atoms with Crippen molar-refractivity contribution in [1.29, 1.82) is 0 Å². The first-order valence-electron chi connectivity index (χ1n) is 6.33. The third kappa shape index (κ3) is 1.96. The van der Waals surface area contributed by atoms with Crippen LogP contribution in [0.4, 0.5) is 0 Å². The van der Waals surface area contributed by atoms with Gasteiger partial charge in [0.2, 0.25) is 0 Å². The number of carbonyl (C=O) groups excluding carboxylic acids is 1. The molecular formula is C14H14N2O3. The molecule has 1 saturated carbocycles. The highest BCUT2D eigenvalue weighted by molar-refractivity contribution is 6.04. The average Bonchev–Trinajstić information content (AvgIpc) is 2.36. The Kier molecular flexibility index (Phi) is 2.91. The molecule has 0 unspecified atom stereocenters. The summed E-state index contributed by atoms with van der Waals surface area (Å²) in [6.45, 7) is -0.212. The summed E-state index contributed by atoms with van der Waals surface area (Å²) in [5.41, 5.74) is 1.47. The Morgan fingerprint density at radius 3 is 2.79 bits per heavy atom. The Labute approximate surface area is 109 Å². The van der Waals surface area contributed by atoms with Crippen molar-refractivity contribution in [2.75, 3.05) is 0 Å². The summed E-state index contributed by atoms with van der Waals surface area (Å²) >= 11 is 0. The fourth-order valence-electron chi connectivity index (χ4n) is 2.25. The number of fused-ring (bicyclic) bond motifs is 1. The predicted octanol–water partition coefficient (Wildman–Crippen LogP) is 1.81. The molecule has 0 aromatic carbocycles. The van der Waals surface area contributed by atoms with E-state index in [1.54, 1.807) is 12.1 Å². The molecule has 0 saturated heterocycles. The van der Waals surface area contributed by atoms with Gasteiger partial charge in [0.1, 0.15) is 5.52 Å². The van der Waals surface area contributed by atoms with Crippen LogP contribution in [-0.2, 0) is 6.61 Å². The van der Waals surface area contributed by atoms with Crippen molar-refractivity contribution >= 4 is 16.8 Å². The summed E-state index contributed by atoms with van der Waals surface area (Å²) in [7, 11) is 0. The Balaban J connectivity index is 2.10. The van der Waals surface area contributed by atoms with Gasteiger partial charge in [0.15, 0.2) is 11.5 Å². The second-order valence-electron chi connectivity index (χ2n) is 4.84. The van der Waals surface area contributed by atoms with E-state index in [1.807, 2.05) is 0 Å². The molecule has 1 fully saturated rings. The van der Waals surface area contributed by atoms with Crippen LogP contribution in [0.15, 0.2) is 18.3 Å². The average molecular weight is 258 g/mol. The van der Waals surface area contributed by atoms with Crippen LogP contribution in [0.5, 0.6) is 5.75 Å². The van der Waals surface area contributed by atoms with Crippen LogP contribution in [0.3, 0.4) is 0 Å². The van der Waals surface area contributed by atoms with Crippen molar-refractivity contribution in [3.05, 3.63) is 29.6 Å². The third-order valence-corrected chi connectivity index (χ3v) is 3.65. The molecule has 19 heavy (non-hydrogen) atoms. The molecule has 98 valence electrons. The molecule has 5 nitrogen and oxygen atoms in total. The number of aromatic hydroxyl groups is 1. The summed E-state index contributed by atoms with van der Waals surface area (Å²) in [5, 5.41) is 19.3. The van der Waals surface area contributed by atoms with Gasteiger partial charge in [-0.05, 0) is 25.0 Å². The molecule has 2 N–H and O–H groups in total. The standard InChI is InChI=1S/C14H14N2O3/c17-7-9-4-5-11-12(16-9)14(19)10(6-15-11)13(18)8-2-1-3-8/h4-6,8,17H,1-3,7H2,(H,15,19). The number of hydrogen-bond acceptors (Lipinski definition) is 5.